The van der Waals surface area contributed by atoms with Crippen LogP contribution in [0.5, 0.6) is 11.5 Å². The Morgan fingerprint density at radius 3 is 2.38 bits per heavy atom. The molecule has 29 heavy (non-hydrogen) atoms. The number of rotatable bonds is 7. The summed E-state index contributed by atoms with van der Waals surface area (Å²) in [5.74, 6) is 0.556. The second-order valence-corrected chi connectivity index (χ2v) is 8.75. The van der Waals surface area contributed by atoms with Gasteiger partial charge in [-0.15, -0.1) is 11.3 Å². The van der Waals surface area contributed by atoms with Gasteiger partial charge in [0.1, 0.15) is 16.4 Å². The number of anilines is 2. The van der Waals surface area contributed by atoms with Gasteiger partial charge in [-0.25, -0.2) is 8.42 Å². The molecule has 3 rings (SSSR count). The summed E-state index contributed by atoms with van der Waals surface area (Å²) >= 11 is 7.19. The Labute approximate surface area is 177 Å². The molecule has 7 nitrogen and oxygen atoms in total. The highest BCUT2D eigenvalue weighted by molar-refractivity contribution is 7.92. The monoisotopic (exact) mass is 452 g/mol. The predicted molar refractivity (Wildman–Crippen MR) is 114 cm³/mol. The third-order valence-corrected chi connectivity index (χ3v) is 6.49. The Balaban J connectivity index is 1.79. The van der Waals surface area contributed by atoms with Crippen molar-refractivity contribution >= 4 is 50.2 Å². The van der Waals surface area contributed by atoms with E-state index in [0.717, 1.165) is 11.3 Å². The maximum absolute atomic E-state index is 12.6. The summed E-state index contributed by atoms with van der Waals surface area (Å²) in [4.78, 5) is 12.9. The molecule has 0 radical (unpaired) electrons. The Morgan fingerprint density at radius 1 is 1.03 bits per heavy atom. The van der Waals surface area contributed by atoms with Gasteiger partial charge in [-0.3, -0.25) is 9.52 Å². The first-order valence-corrected chi connectivity index (χ1v) is 11.0. The number of carbonyl (C=O) groups is 1. The van der Waals surface area contributed by atoms with E-state index in [2.05, 4.69) is 10.0 Å². The number of hydrogen-bond donors (Lipinski definition) is 2. The minimum atomic E-state index is -3.87. The van der Waals surface area contributed by atoms with Crippen LogP contribution in [0.4, 0.5) is 11.4 Å². The Bertz CT molecular complexity index is 1130. The summed E-state index contributed by atoms with van der Waals surface area (Å²) in [6.45, 7) is 0. The highest BCUT2D eigenvalue weighted by Crippen LogP contribution is 2.30. The van der Waals surface area contributed by atoms with Crippen molar-refractivity contribution < 1.29 is 22.7 Å². The number of carbonyl (C=O) groups excluding carboxylic acids is 1. The van der Waals surface area contributed by atoms with Gasteiger partial charge in [0.05, 0.1) is 29.8 Å². The van der Waals surface area contributed by atoms with Crippen LogP contribution in [-0.2, 0) is 10.0 Å². The van der Waals surface area contributed by atoms with E-state index in [9.17, 15) is 13.2 Å². The largest absolute Gasteiger partial charge is 0.497 e. The molecule has 0 saturated heterocycles. The molecule has 2 aromatic carbocycles. The number of thiophene rings is 1. The Morgan fingerprint density at radius 2 is 1.76 bits per heavy atom. The molecule has 1 aromatic heterocycles. The number of halogens is 1. The molecule has 0 unspecified atom stereocenters. The molecule has 0 saturated carbocycles. The smallest absolute Gasteiger partial charge is 0.267 e. The van der Waals surface area contributed by atoms with Gasteiger partial charge in [0.15, 0.2) is 0 Å². The number of sulfonamides is 1. The van der Waals surface area contributed by atoms with Crippen LogP contribution in [-0.4, -0.2) is 28.5 Å². The lowest BCUT2D eigenvalue weighted by molar-refractivity contribution is 0.103. The van der Waals surface area contributed by atoms with E-state index in [1.54, 1.807) is 35.7 Å². The zero-order valence-corrected chi connectivity index (χ0v) is 17.8. The number of nitrogens with one attached hydrogen (secondary N) is 2. The van der Waals surface area contributed by atoms with Gasteiger partial charge in [0.25, 0.3) is 15.9 Å². The molecule has 10 heteroatoms. The van der Waals surface area contributed by atoms with E-state index in [1.165, 1.54) is 32.4 Å². The molecular weight excluding hydrogens is 436 g/mol. The normalized spacial score (nSPS) is 11.0. The summed E-state index contributed by atoms with van der Waals surface area (Å²) in [7, 11) is -0.883. The van der Waals surface area contributed by atoms with Crippen molar-refractivity contribution in [2.45, 2.75) is 4.90 Å². The van der Waals surface area contributed by atoms with Crippen LogP contribution >= 0.6 is 22.9 Å². The SMILES string of the molecule is COc1ccc(S(=O)(=O)Nc2ccsc2C(=O)Nc2ccc(OC)c(Cl)c2)cc1. The standard InChI is InChI=1S/C19H17ClN2O5S2/c1-26-13-4-6-14(7-5-13)29(24,25)22-16-9-10-28-18(16)19(23)21-12-3-8-17(27-2)15(20)11-12/h3-11,22H,1-2H3,(H,21,23). The average Bonchev–Trinajstić information content (AvgIpc) is 3.15. The maximum Gasteiger partial charge on any atom is 0.267 e. The summed E-state index contributed by atoms with van der Waals surface area (Å²) in [6.07, 6.45) is 0. The van der Waals surface area contributed by atoms with Crippen molar-refractivity contribution in [1.82, 2.24) is 0 Å². The summed E-state index contributed by atoms with van der Waals surface area (Å²) in [5, 5.41) is 4.67. The van der Waals surface area contributed by atoms with E-state index in [-0.39, 0.29) is 15.5 Å². The van der Waals surface area contributed by atoms with Crippen molar-refractivity contribution in [1.29, 1.82) is 0 Å². The molecule has 0 spiro atoms. The van der Waals surface area contributed by atoms with E-state index in [0.29, 0.717) is 22.2 Å². The quantitative estimate of drug-likeness (QED) is 0.551. The van der Waals surface area contributed by atoms with E-state index in [1.807, 2.05) is 0 Å². The van der Waals surface area contributed by atoms with Gasteiger partial charge in [0.2, 0.25) is 0 Å². The number of amides is 1. The van der Waals surface area contributed by atoms with Crippen molar-refractivity contribution in [3.8, 4) is 11.5 Å². The number of methoxy groups -OCH3 is 2. The molecule has 0 aliphatic rings. The first kappa shape index (κ1) is 21.0. The predicted octanol–water partition coefficient (Wildman–Crippen LogP) is 4.47. The molecule has 0 fully saturated rings. The van der Waals surface area contributed by atoms with Crippen LogP contribution in [0.2, 0.25) is 5.02 Å². The summed E-state index contributed by atoms with van der Waals surface area (Å²) in [6, 6.07) is 12.3. The van der Waals surface area contributed by atoms with E-state index in [4.69, 9.17) is 21.1 Å². The third kappa shape index (κ3) is 4.81. The van der Waals surface area contributed by atoms with Crippen molar-refractivity contribution in [2.75, 3.05) is 24.3 Å². The van der Waals surface area contributed by atoms with Gasteiger partial charge in [-0.1, -0.05) is 11.6 Å². The molecule has 3 aromatic rings. The zero-order chi connectivity index (χ0) is 21.0. The second-order valence-electron chi connectivity index (χ2n) is 5.75. The molecule has 0 atom stereocenters. The molecule has 1 heterocycles. The van der Waals surface area contributed by atoms with Crippen LogP contribution in [0, 0.1) is 0 Å². The Hall–Kier alpha value is -2.75. The molecule has 0 aliphatic heterocycles. The fraction of sp³-hybridized carbons (Fsp3) is 0.105. The van der Waals surface area contributed by atoms with Crippen LogP contribution in [0.25, 0.3) is 0 Å². The molecule has 0 aliphatic carbocycles. The maximum atomic E-state index is 12.6. The number of benzene rings is 2. The van der Waals surface area contributed by atoms with Gasteiger partial charge in [0, 0.05) is 5.69 Å². The lowest BCUT2D eigenvalue weighted by Gasteiger charge is -2.11. The highest BCUT2D eigenvalue weighted by atomic mass is 35.5. The topological polar surface area (TPSA) is 93.7 Å². The lowest BCUT2D eigenvalue weighted by Crippen LogP contribution is -2.17. The molecule has 2 N–H and O–H groups in total. The van der Waals surface area contributed by atoms with Crippen LogP contribution in [0.3, 0.4) is 0 Å². The van der Waals surface area contributed by atoms with Crippen LogP contribution in [0.15, 0.2) is 58.8 Å². The fourth-order valence-corrected chi connectivity index (χ4v) is 4.59. The molecule has 0 bridgehead atoms. The van der Waals surface area contributed by atoms with Crippen LogP contribution < -0.4 is 19.5 Å². The van der Waals surface area contributed by atoms with Crippen molar-refractivity contribution in [3.63, 3.8) is 0 Å². The molecule has 152 valence electrons. The summed E-state index contributed by atoms with van der Waals surface area (Å²) in [5.41, 5.74) is 0.640. The first-order chi connectivity index (χ1) is 13.8. The van der Waals surface area contributed by atoms with Gasteiger partial charge >= 0.3 is 0 Å². The molecular formula is C19H17ClN2O5S2. The number of hydrogen-bond acceptors (Lipinski definition) is 6. The van der Waals surface area contributed by atoms with Gasteiger partial charge < -0.3 is 14.8 Å². The second kappa shape index (κ2) is 8.73. The van der Waals surface area contributed by atoms with Crippen molar-refractivity contribution in [3.05, 3.63) is 63.8 Å². The fourth-order valence-electron chi connectivity index (χ4n) is 2.46. The van der Waals surface area contributed by atoms with Crippen molar-refractivity contribution in [2.24, 2.45) is 0 Å². The lowest BCUT2D eigenvalue weighted by atomic mass is 10.3. The number of ether oxygens (including phenoxy) is 2. The minimum absolute atomic E-state index is 0.0535. The first-order valence-electron chi connectivity index (χ1n) is 8.23. The minimum Gasteiger partial charge on any atom is -0.497 e. The highest BCUT2D eigenvalue weighted by Gasteiger charge is 2.20. The third-order valence-electron chi connectivity index (χ3n) is 3.90. The van der Waals surface area contributed by atoms with Gasteiger partial charge in [-0.05, 0) is 53.9 Å². The van der Waals surface area contributed by atoms with Crippen LogP contribution in [0.1, 0.15) is 9.67 Å². The summed E-state index contributed by atoms with van der Waals surface area (Å²) < 4.78 is 37.8. The molecule has 1 amide bonds. The average molecular weight is 453 g/mol. The Kier molecular flexibility index (Phi) is 6.31. The zero-order valence-electron chi connectivity index (χ0n) is 15.4. The van der Waals surface area contributed by atoms with E-state index < -0.39 is 15.9 Å². The van der Waals surface area contributed by atoms with E-state index >= 15 is 0 Å². The van der Waals surface area contributed by atoms with Gasteiger partial charge in [-0.2, -0.15) is 0 Å².